The van der Waals surface area contributed by atoms with Gasteiger partial charge in [-0.15, -0.1) is 0 Å². The molecule has 0 aliphatic rings. The molecule has 0 radical (unpaired) electrons. The minimum atomic E-state index is -1.03. The summed E-state index contributed by atoms with van der Waals surface area (Å²) in [7, 11) is 1.58. The van der Waals surface area contributed by atoms with Crippen molar-refractivity contribution in [3.05, 3.63) is 59.9 Å². The first-order valence-electron chi connectivity index (χ1n) is 7.01. The number of carboxylic acid groups (broad SMARTS) is 1. The van der Waals surface area contributed by atoms with Gasteiger partial charge in [-0.1, -0.05) is 18.2 Å². The van der Waals surface area contributed by atoms with Gasteiger partial charge < -0.3 is 9.84 Å². The zero-order chi connectivity index (χ0) is 16.0. The highest BCUT2D eigenvalue weighted by Gasteiger charge is 2.38. The first-order chi connectivity index (χ1) is 10.6. The van der Waals surface area contributed by atoms with Crippen molar-refractivity contribution in [3.63, 3.8) is 0 Å². The molecule has 2 rings (SSSR count). The fraction of sp³-hybridized carbons (Fsp3) is 0.294. The highest BCUT2D eigenvalue weighted by atomic mass is 32.1. The summed E-state index contributed by atoms with van der Waals surface area (Å²) in [6.45, 7) is 0. The van der Waals surface area contributed by atoms with Crippen molar-refractivity contribution in [2.45, 2.75) is 18.3 Å². The fourth-order valence-electron chi connectivity index (χ4n) is 2.41. The Morgan fingerprint density at radius 1 is 1.27 bits per heavy atom. The molecule has 5 heteroatoms. The molecule has 1 N–H and O–H groups in total. The lowest BCUT2D eigenvalue weighted by atomic mass is 9.78. The van der Waals surface area contributed by atoms with Crippen molar-refractivity contribution >= 4 is 18.6 Å². The van der Waals surface area contributed by atoms with Gasteiger partial charge in [0.1, 0.15) is 11.2 Å². The van der Waals surface area contributed by atoms with E-state index in [4.69, 9.17) is 4.74 Å². The smallest absolute Gasteiger partial charge is 0.314 e. The number of carbonyl (C=O) groups is 1. The lowest BCUT2D eigenvalue weighted by molar-refractivity contribution is -0.143. The maximum atomic E-state index is 11.9. The van der Waals surface area contributed by atoms with E-state index in [9.17, 15) is 9.90 Å². The van der Waals surface area contributed by atoms with Crippen molar-refractivity contribution in [1.29, 1.82) is 0 Å². The number of aromatic nitrogens is 1. The molecule has 1 aromatic heterocycles. The normalized spacial score (nSPS) is 13.4. The first-order valence-corrected chi connectivity index (χ1v) is 7.64. The maximum Gasteiger partial charge on any atom is 0.314 e. The summed E-state index contributed by atoms with van der Waals surface area (Å²) in [5.74, 6) is 0.0529. The van der Waals surface area contributed by atoms with Gasteiger partial charge in [0.05, 0.1) is 7.11 Å². The number of ether oxygens (including phenoxy) is 1. The molecule has 1 unspecified atom stereocenters. The lowest BCUT2D eigenvalue weighted by Crippen LogP contribution is -2.38. The van der Waals surface area contributed by atoms with Crippen LogP contribution in [-0.4, -0.2) is 28.9 Å². The molecule has 116 valence electrons. The number of thiol groups is 1. The minimum Gasteiger partial charge on any atom is -0.497 e. The molecule has 0 aliphatic heterocycles. The standard InChI is InChI=1S/C17H19NO3S/c1-21-15-7-5-13(6-8-15)17(12-22,16(19)20)10-9-14-4-2-3-11-18-14/h2-8,11,22H,9-10,12H2,1H3,(H,19,20). The molecule has 0 saturated carbocycles. The molecule has 0 aliphatic carbocycles. The van der Waals surface area contributed by atoms with E-state index in [1.165, 1.54) is 0 Å². The third-order valence-electron chi connectivity index (χ3n) is 3.86. The maximum absolute atomic E-state index is 11.9. The Hall–Kier alpha value is -2.01. The van der Waals surface area contributed by atoms with Gasteiger partial charge in [-0.25, -0.2) is 0 Å². The molecule has 0 bridgehead atoms. The van der Waals surface area contributed by atoms with Crippen molar-refractivity contribution in [2.24, 2.45) is 0 Å². The van der Waals surface area contributed by atoms with Crippen molar-refractivity contribution < 1.29 is 14.6 Å². The third kappa shape index (κ3) is 3.42. The van der Waals surface area contributed by atoms with Crippen molar-refractivity contribution in [1.82, 2.24) is 4.98 Å². The Morgan fingerprint density at radius 3 is 2.50 bits per heavy atom. The average molecular weight is 317 g/mol. The van der Waals surface area contributed by atoms with Crippen LogP contribution in [-0.2, 0) is 16.6 Å². The Bertz CT molecular complexity index is 616. The predicted molar refractivity (Wildman–Crippen MR) is 88.7 cm³/mol. The van der Waals surface area contributed by atoms with E-state index < -0.39 is 11.4 Å². The van der Waals surface area contributed by atoms with E-state index in [2.05, 4.69) is 17.6 Å². The van der Waals surface area contributed by atoms with Crippen LogP contribution in [0.15, 0.2) is 48.7 Å². The highest BCUT2D eigenvalue weighted by Crippen LogP contribution is 2.32. The summed E-state index contributed by atoms with van der Waals surface area (Å²) in [6, 6.07) is 12.8. The quantitative estimate of drug-likeness (QED) is 0.771. The molecule has 1 atom stereocenters. The Kier molecular flexibility index (Phi) is 5.44. The van der Waals surface area contributed by atoms with Gasteiger partial charge in [0.2, 0.25) is 0 Å². The third-order valence-corrected chi connectivity index (χ3v) is 4.40. The summed E-state index contributed by atoms with van der Waals surface area (Å²) < 4.78 is 5.13. The van der Waals surface area contributed by atoms with E-state index in [0.717, 1.165) is 11.3 Å². The molecule has 0 fully saturated rings. The van der Waals surface area contributed by atoms with Crippen LogP contribution in [0.4, 0.5) is 0 Å². The van der Waals surface area contributed by atoms with Crippen LogP contribution in [0.5, 0.6) is 5.75 Å². The number of methoxy groups -OCH3 is 1. The Balaban J connectivity index is 2.28. The van der Waals surface area contributed by atoms with Crippen LogP contribution < -0.4 is 4.74 Å². The average Bonchev–Trinajstić information content (AvgIpc) is 2.57. The van der Waals surface area contributed by atoms with Crippen LogP contribution in [0.1, 0.15) is 17.7 Å². The highest BCUT2D eigenvalue weighted by molar-refractivity contribution is 7.80. The first kappa shape index (κ1) is 16.4. The fourth-order valence-corrected chi connectivity index (χ4v) is 2.89. The lowest BCUT2D eigenvalue weighted by Gasteiger charge is -2.28. The van der Waals surface area contributed by atoms with Crippen LogP contribution in [0.2, 0.25) is 0 Å². The molecule has 1 aromatic carbocycles. The Labute approximate surface area is 135 Å². The van der Waals surface area contributed by atoms with Crippen LogP contribution in [0.3, 0.4) is 0 Å². The summed E-state index contributed by atoms with van der Waals surface area (Å²) in [4.78, 5) is 16.2. The van der Waals surface area contributed by atoms with Gasteiger partial charge >= 0.3 is 5.97 Å². The molecule has 22 heavy (non-hydrogen) atoms. The van der Waals surface area contributed by atoms with Gasteiger partial charge in [-0.05, 0) is 42.7 Å². The second-order valence-corrected chi connectivity index (χ2v) is 5.41. The largest absolute Gasteiger partial charge is 0.497 e. The number of benzene rings is 1. The van der Waals surface area contributed by atoms with E-state index in [1.807, 2.05) is 18.2 Å². The molecule has 0 saturated heterocycles. The molecule has 0 amide bonds. The van der Waals surface area contributed by atoms with E-state index in [1.54, 1.807) is 37.6 Å². The summed E-state index contributed by atoms with van der Waals surface area (Å²) in [5.41, 5.74) is 0.572. The van der Waals surface area contributed by atoms with Crippen molar-refractivity contribution in [2.75, 3.05) is 12.9 Å². The molecular formula is C17H19NO3S. The number of rotatable bonds is 7. The number of hydrogen-bond donors (Lipinski definition) is 2. The van der Waals surface area contributed by atoms with E-state index in [-0.39, 0.29) is 5.75 Å². The van der Waals surface area contributed by atoms with E-state index >= 15 is 0 Å². The molecule has 2 aromatic rings. The summed E-state index contributed by atoms with van der Waals surface area (Å²) >= 11 is 4.31. The molecule has 0 spiro atoms. The zero-order valence-corrected chi connectivity index (χ0v) is 13.3. The monoisotopic (exact) mass is 317 g/mol. The van der Waals surface area contributed by atoms with Crippen LogP contribution in [0.25, 0.3) is 0 Å². The number of aliphatic carboxylic acids is 1. The molecular weight excluding hydrogens is 298 g/mol. The second-order valence-electron chi connectivity index (χ2n) is 5.09. The predicted octanol–water partition coefficient (Wildman–Crippen LogP) is 2.98. The van der Waals surface area contributed by atoms with Crippen LogP contribution >= 0.6 is 12.6 Å². The number of nitrogens with zero attached hydrogens (tertiary/aromatic N) is 1. The van der Waals surface area contributed by atoms with Gasteiger partial charge in [-0.2, -0.15) is 12.6 Å². The number of aryl methyl sites for hydroxylation is 1. The Morgan fingerprint density at radius 2 is 2.00 bits per heavy atom. The SMILES string of the molecule is COc1ccc(C(CS)(CCc2ccccn2)C(=O)O)cc1. The van der Waals surface area contributed by atoms with Gasteiger partial charge in [0.15, 0.2) is 0 Å². The summed E-state index contributed by atoms with van der Waals surface area (Å²) in [6.07, 6.45) is 2.74. The van der Waals surface area contributed by atoms with Crippen molar-refractivity contribution in [3.8, 4) is 5.75 Å². The summed E-state index contributed by atoms with van der Waals surface area (Å²) in [5, 5.41) is 9.78. The van der Waals surface area contributed by atoms with Gasteiger partial charge in [0.25, 0.3) is 0 Å². The molecule has 1 heterocycles. The minimum absolute atomic E-state index is 0.224. The number of pyridine rings is 1. The number of hydrogen-bond acceptors (Lipinski definition) is 4. The topological polar surface area (TPSA) is 59.4 Å². The van der Waals surface area contributed by atoms with E-state index in [0.29, 0.717) is 18.6 Å². The second kappa shape index (κ2) is 7.31. The zero-order valence-electron chi connectivity index (χ0n) is 12.4. The van der Waals surface area contributed by atoms with Gasteiger partial charge in [-0.3, -0.25) is 9.78 Å². The van der Waals surface area contributed by atoms with Gasteiger partial charge in [0, 0.05) is 17.6 Å². The number of carboxylic acids is 1. The molecule has 4 nitrogen and oxygen atoms in total. The van der Waals surface area contributed by atoms with Crippen LogP contribution in [0, 0.1) is 0 Å².